The predicted molar refractivity (Wildman–Crippen MR) is 110 cm³/mol. The Hall–Kier alpha value is -3.91. The van der Waals surface area contributed by atoms with Crippen LogP contribution < -0.4 is 5.32 Å². The zero-order valence-electron chi connectivity index (χ0n) is 17.3. The molecule has 0 aliphatic carbocycles. The molecule has 14 heteroatoms. The van der Waals surface area contributed by atoms with Crippen LogP contribution in [0.4, 0.5) is 38.0 Å². The number of pyridine rings is 3. The number of anilines is 2. The number of aliphatic hydroxyl groups is 2. The van der Waals surface area contributed by atoms with Crippen LogP contribution in [-0.2, 0) is 12.4 Å². The highest BCUT2D eigenvalue weighted by Gasteiger charge is 2.36. The quantitative estimate of drug-likeness (QED) is 0.351. The van der Waals surface area contributed by atoms with E-state index in [-0.39, 0.29) is 22.9 Å². The molecular formula is C21H14F6N6O2. The van der Waals surface area contributed by atoms with Crippen LogP contribution in [0, 0.1) is 0 Å². The predicted octanol–water partition coefficient (Wildman–Crippen LogP) is 4.29. The van der Waals surface area contributed by atoms with Gasteiger partial charge in [0.1, 0.15) is 17.6 Å². The third-order valence-corrected chi connectivity index (χ3v) is 4.90. The van der Waals surface area contributed by atoms with Crippen molar-refractivity contribution in [2.24, 2.45) is 0 Å². The smallest absolute Gasteiger partial charge is 0.393 e. The summed E-state index contributed by atoms with van der Waals surface area (Å²) in [5.74, 6) is 0.0992. The van der Waals surface area contributed by atoms with Crippen molar-refractivity contribution in [3.8, 4) is 11.4 Å². The van der Waals surface area contributed by atoms with E-state index in [4.69, 9.17) is 5.11 Å². The number of hydrogen-bond acceptors (Lipinski definition) is 8. The highest BCUT2D eigenvalue weighted by molar-refractivity contribution is 5.93. The number of aliphatic hydroxyl groups excluding tert-OH is 2. The lowest BCUT2D eigenvalue weighted by molar-refractivity contribution is -0.138. The fourth-order valence-electron chi connectivity index (χ4n) is 3.15. The van der Waals surface area contributed by atoms with Gasteiger partial charge in [0.2, 0.25) is 0 Å². The average molecular weight is 496 g/mol. The zero-order chi connectivity index (χ0) is 25.4. The number of hydrogen-bond donors (Lipinski definition) is 3. The molecule has 4 aromatic heterocycles. The molecule has 182 valence electrons. The average Bonchev–Trinajstić information content (AvgIpc) is 2.82. The molecule has 8 nitrogen and oxygen atoms in total. The Morgan fingerprint density at radius 1 is 0.886 bits per heavy atom. The number of nitrogens with one attached hydrogen (secondary N) is 1. The molecule has 0 amide bonds. The van der Waals surface area contributed by atoms with E-state index in [1.807, 2.05) is 0 Å². The fraction of sp³-hybridized carbons (Fsp3) is 0.190. The first-order valence-electron chi connectivity index (χ1n) is 9.75. The van der Waals surface area contributed by atoms with Crippen LogP contribution in [0.1, 0.15) is 22.8 Å². The van der Waals surface area contributed by atoms with Crippen molar-refractivity contribution in [1.82, 2.24) is 25.1 Å². The maximum atomic E-state index is 13.7. The van der Waals surface area contributed by atoms with Gasteiger partial charge in [0, 0.05) is 34.9 Å². The van der Waals surface area contributed by atoms with E-state index in [1.54, 1.807) is 0 Å². The lowest BCUT2D eigenvalue weighted by Crippen LogP contribution is -2.12. The first-order valence-corrected chi connectivity index (χ1v) is 9.75. The van der Waals surface area contributed by atoms with Crippen LogP contribution in [0.2, 0.25) is 0 Å². The maximum Gasteiger partial charge on any atom is 0.418 e. The molecule has 0 bridgehead atoms. The highest BCUT2D eigenvalue weighted by atomic mass is 19.4. The SMILES string of the molecule is OCC(O)c1cnc(-c2cc3cnnc(Nc4ccc(C(F)(F)F)cn4)c3cn2)c(C(F)(F)F)c1. The van der Waals surface area contributed by atoms with E-state index in [0.717, 1.165) is 18.3 Å². The molecule has 0 aromatic carbocycles. The van der Waals surface area contributed by atoms with Crippen LogP contribution in [0.3, 0.4) is 0 Å². The molecule has 1 unspecified atom stereocenters. The van der Waals surface area contributed by atoms with Gasteiger partial charge < -0.3 is 15.5 Å². The van der Waals surface area contributed by atoms with Gasteiger partial charge in [-0.05, 0) is 24.3 Å². The number of fused-ring (bicyclic) bond motifs is 1. The summed E-state index contributed by atoms with van der Waals surface area (Å²) in [6.07, 6.45) is -6.80. The molecular weight excluding hydrogens is 482 g/mol. The van der Waals surface area contributed by atoms with Crippen molar-refractivity contribution < 1.29 is 36.6 Å². The van der Waals surface area contributed by atoms with Crippen LogP contribution >= 0.6 is 0 Å². The second kappa shape index (κ2) is 9.03. The van der Waals surface area contributed by atoms with Gasteiger partial charge in [-0.15, -0.1) is 5.10 Å². The van der Waals surface area contributed by atoms with E-state index in [1.165, 1.54) is 18.5 Å². The van der Waals surface area contributed by atoms with Crippen LogP contribution in [0.5, 0.6) is 0 Å². The first kappa shape index (κ1) is 24.2. The van der Waals surface area contributed by atoms with Crippen molar-refractivity contribution in [3.05, 3.63) is 65.7 Å². The Kier molecular flexibility index (Phi) is 6.25. The minimum atomic E-state index is -4.83. The number of aromatic nitrogens is 5. The monoisotopic (exact) mass is 496 g/mol. The van der Waals surface area contributed by atoms with Gasteiger partial charge in [0.15, 0.2) is 5.82 Å². The lowest BCUT2D eigenvalue weighted by atomic mass is 10.0. The molecule has 0 fully saturated rings. The summed E-state index contributed by atoms with van der Waals surface area (Å²) in [5, 5.41) is 29.7. The molecule has 0 aliphatic heterocycles. The Morgan fingerprint density at radius 2 is 1.66 bits per heavy atom. The molecule has 35 heavy (non-hydrogen) atoms. The van der Waals surface area contributed by atoms with Gasteiger partial charge in [0.25, 0.3) is 0 Å². The summed E-state index contributed by atoms with van der Waals surface area (Å²) in [6, 6.07) is 3.89. The van der Waals surface area contributed by atoms with Crippen molar-refractivity contribution in [3.63, 3.8) is 0 Å². The van der Waals surface area contributed by atoms with E-state index in [2.05, 4.69) is 30.5 Å². The molecule has 0 saturated carbocycles. The Morgan fingerprint density at radius 3 is 2.29 bits per heavy atom. The van der Waals surface area contributed by atoms with Crippen molar-refractivity contribution in [1.29, 1.82) is 0 Å². The summed E-state index contributed by atoms with van der Waals surface area (Å²) in [7, 11) is 0. The Labute approximate surface area is 192 Å². The second-order valence-electron chi connectivity index (χ2n) is 7.27. The number of rotatable bonds is 5. The number of halogens is 6. The van der Waals surface area contributed by atoms with Gasteiger partial charge >= 0.3 is 12.4 Å². The van der Waals surface area contributed by atoms with E-state index < -0.39 is 41.9 Å². The van der Waals surface area contributed by atoms with Gasteiger partial charge in [0.05, 0.1) is 29.6 Å². The van der Waals surface area contributed by atoms with Crippen LogP contribution in [0.15, 0.2) is 49.1 Å². The van der Waals surface area contributed by atoms with Gasteiger partial charge in [-0.1, -0.05) is 0 Å². The van der Waals surface area contributed by atoms with Crippen LogP contribution in [-0.4, -0.2) is 42.0 Å². The van der Waals surface area contributed by atoms with Crippen LogP contribution in [0.25, 0.3) is 22.2 Å². The fourth-order valence-corrected chi connectivity index (χ4v) is 3.15. The lowest BCUT2D eigenvalue weighted by Gasteiger charge is -2.15. The second-order valence-corrected chi connectivity index (χ2v) is 7.27. The third kappa shape index (κ3) is 5.12. The standard InChI is InChI=1S/C21H14F6N6O2/c22-20(23,24)12-1-2-17(29-7-12)32-19-13-8-28-15(4-10(13)6-31-33-19)18-14(21(25,26)27)3-11(5-30-18)16(35)9-34/h1-8,16,34-35H,9H2,(H,29,32,33). The minimum Gasteiger partial charge on any atom is -0.393 e. The molecule has 0 aliphatic rings. The number of alkyl halides is 6. The van der Waals surface area contributed by atoms with Crippen molar-refractivity contribution in [2.45, 2.75) is 18.5 Å². The van der Waals surface area contributed by atoms with E-state index >= 15 is 0 Å². The van der Waals surface area contributed by atoms with Gasteiger partial charge in [-0.2, -0.15) is 31.4 Å². The molecule has 4 heterocycles. The summed E-state index contributed by atoms with van der Waals surface area (Å²) in [5.41, 5.74) is -2.98. The first-order chi connectivity index (χ1) is 16.5. The largest absolute Gasteiger partial charge is 0.418 e. The molecule has 1 atom stereocenters. The van der Waals surface area contributed by atoms with Gasteiger partial charge in [-0.3, -0.25) is 9.97 Å². The molecule has 0 saturated heterocycles. The third-order valence-electron chi connectivity index (χ3n) is 4.90. The summed E-state index contributed by atoms with van der Waals surface area (Å²) >= 11 is 0. The van der Waals surface area contributed by atoms with Crippen molar-refractivity contribution in [2.75, 3.05) is 11.9 Å². The topological polar surface area (TPSA) is 117 Å². The Bertz CT molecular complexity index is 1360. The minimum absolute atomic E-state index is 0.0305. The maximum absolute atomic E-state index is 13.7. The Balaban J connectivity index is 1.72. The van der Waals surface area contributed by atoms with Gasteiger partial charge in [-0.25, -0.2) is 4.98 Å². The normalized spacial score (nSPS) is 13.1. The zero-order valence-corrected chi connectivity index (χ0v) is 17.3. The molecule has 4 aromatic rings. The van der Waals surface area contributed by atoms with E-state index in [9.17, 15) is 31.4 Å². The number of nitrogens with zero attached hydrogens (tertiary/aromatic N) is 5. The summed E-state index contributed by atoms with van der Waals surface area (Å²) in [6.45, 7) is -0.783. The summed E-state index contributed by atoms with van der Waals surface area (Å²) < 4.78 is 79.2. The highest BCUT2D eigenvalue weighted by Crippen LogP contribution is 2.37. The molecule has 3 N–H and O–H groups in total. The van der Waals surface area contributed by atoms with Crippen molar-refractivity contribution >= 4 is 22.4 Å². The van der Waals surface area contributed by atoms with E-state index in [0.29, 0.717) is 23.0 Å². The molecule has 0 spiro atoms. The molecule has 0 radical (unpaired) electrons. The molecule has 4 rings (SSSR count). The summed E-state index contributed by atoms with van der Waals surface area (Å²) in [4.78, 5) is 11.5.